The zero-order valence-electron chi connectivity index (χ0n) is 24.9. The summed E-state index contributed by atoms with van der Waals surface area (Å²) in [6.07, 6.45) is 1.79. The van der Waals surface area contributed by atoms with Gasteiger partial charge in [0.15, 0.2) is 0 Å². The van der Waals surface area contributed by atoms with E-state index < -0.39 is 0 Å². The molecule has 0 saturated carbocycles. The van der Waals surface area contributed by atoms with Crippen molar-refractivity contribution in [1.29, 1.82) is 0 Å². The Kier molecular flexibility index (Phi) is 9.43. The van der Waals surface area contributed by atoms with E-state index in [0.717, 1.165) is 24.3 Å². The first kappa shape index (κ1) is 28.9. The number of aryl methyl sites for hydroxylation is 2. The molecule has 4 nitrogen and oxygen atoms in total. The van der Waals surface area contributed by atoms with Crippen molar-refractivity contribution in [2.75, 3.05) is 39.6 Å². The number of ether oxygens (including phenoxy) is 4. The summed E-state index contributed by atoms with van der Waals surface area (Å²) >= 11 is 0. The van der Waals surface area contributed by atoms with Gasteiger partial charge < -0.3 is 18.9 Å². The predicted molar refractivity (Wildman–Crippen MR) is 166 cm³/mol. The topological polar surface area (TPSA) is 36.9 Å². The molecule has 4 heteroatoms. The minimum Gasteiger partial charge on any atom is -0.491 e. The average Bonchev–Trinajstić information content (AvgIpc) is 3.23. The first-order valence-corrected chi connectivity index (χ1v) is 14.8. The number of fused-ring (bicyclic) bond motifs is 3. The van der Waals surface area contributed by atoms with E-state index in [1.54, 1.807) is 0 Å². The molecule has 0 atom stereocenters. The fraction of sp³-hybridized carbons (Fsp3) is 0.351. The molecule has 1 aliphatic rings. The van der Waals surface area contributed by atoms with E-state index in [-0.39, 0.29) is 5.41 Å². The van der Waals surface area contributed by atoms with Crippen molar-refractivity contribution in [3.8, 4) is 22.6 Å². The van der Waals surface area contributed by atoms with Crippen LogP contribution >= 0.6 is 0 Å². The molecule has 0 N–H and O–H groups in total. The SMILES string of the molecule is CCOCCOc1ccc(CC2(Cc3ccc(OCCOCC)cc3)c3cc(C)ccc3-c3ccc(C)cc32)cc1. The number of rotatable bonds is 14. The minimum absolute atomic E-state index is 0.197. The van der Waals surface area contributed by atoms with E-state index in [0.29, 0.717) is 39.6 Å². The van der Waals surface area contributed by atoms with Gasteiger partial charge in [0.05, 0.1) is 13.2 Å². The Morgan fingerprint density at radius 3 is 1.32 bits per heavy atom. The molecule has 5 rings (SSSR count). The highest BCUT2D eigenvalue weighted by Gasteiger charge is 2.43. The molecule has 4 aromatic carbocycles. The van der Waals surface area contributed by atoms with Gasteiger partial charge in [0.2, 0.25) is 0 Å². The predicted octanol–water partition coefficient (Wildman–Crippen LogP) is 7.89. The lowest BCUT2D eigenvalue weighted by atomic mass is 9.69. The molecule has 1 aliphatic carbocycles. The molecular formula is C37H42O4. The zero-order valence-corrected chi connectivity index (χ0v) is 24.9. The summed E-state index contributed by atoms with van der Waals surface area (Å²) in [6, 6.07) is 31.1. The quantitative estimate of drug-likeness (QED) is 0.150. The molecule has 0 amide bonds. The number of benzene rings is 4. The van der Waals surface area contributed by atoms with Crippen LogP contribution in [-0.4, -0.2) is 39.6 Å². The maximum atomic E-state index is 5.91. The molecule has 0 saturated heterocycles. The first-order valence-electron chi connectivity index (χ1n) is 14.8. The van der Waals surface area contributed by atoms with Gasteiger partial charge in [-0.15, -0.1) is 0 Å². The van der Waals surface area contributed by atoms with Gasteiger partial charge in [-0.1, -0.05) is 71.8 Å². The van der Waals surface area contributed by atoms with E-state index in [1.807, 2.05) is 13.8 Å². The summed E-state index contributed by atoms with van der Waals surface area (Å²) in [4.78, 5) is 0. The Hall–Kier alpha value is -3.60. The highest BCUT2D eigenvalue weighted by atomic mass is 16.5. The minimum atomic E-state index is -0.197. The van der Waals surface area contributed by atoms with Crippen LogP contribution in [0.25, 0.3) is 11.1 Å². The Balaban J connectivity index is 1.49. The van der Waals surface area contributed by atoms with Gasteiger partial charge in [0, 0.05) is 18.6 Å². The first-order chi connectivity index (χ1) is 20.0. The molecule has 0 radical (unpaired) electrons. The van der Waals surface area contributed by atoms with Crippen LogP contribution in [-0.2, 0) is 27.7 Å². The lowest BCUT2D eigenvalue weighted by Gasteiger charge is -2.33. The van der Waals surface area contributed by atoms with Gasteiger partial charge in [0.1, 0.15) is 24.7 Å². The highest BCUT2D eigenvalue weighted by Crippen LogP contribution is 2.53. The fourth-order valence-electron chi connectivity index (χ4n) is 6.00. The van der Waals surface area contributed by atoms with Crippen LogP contribution in [0.15, 0.2) is 84.9 Å². The standard InChI is InChI=1S/C37H42O4/c1-5-38-19-21-40-31-13-9-29(10-14-31)25-37(26-30-11-15-32(16-12-30)41-22-20-39-6-2)35-23-27(3)7-17-33(35)34-18-8-28(4)24-36(34)37/h7-18,23-24H,5-6,19-22,25-26H2,1-4H3. The average molecular weight is 551 g/mol. The summed E-state index contributed by atoms with van der Waals surface area (Å²) in [6.45, 7) is 12.1. The zero-order chi connectivity index (χ0) is 28.7. The lowest BCUT2D eigenvalue weighted by molar-refractivity contribution is 0.110. The van der Waals surface area contributed by atoms with Crippen LogP contribution in [0.4, 0.5) is 0 Å². The maximum absolute atomic E-state index is 5.91. The van der Waals surface area contributed by atoms with E-state index in [1.165, 1.54) is 44.5 Å². The largest absolute Gasteiger partial charge is 0.491 e. The molecular weight excluding hydrogens is 508 g/mol. The molecule has 0 fully saturated rings. The molecule has 4 aromatic rings. The van der Waals surface area contributed by atoms with Crippen molar-refractivity contribution < 1.29 is 18.9 Å². The Labute approximate surface area is 245 Å². The lowest BCUT2D eigenvalue weighted by Crippen LogP contribution is -2.31. The van der Waals surface area contributed by atoms with E-state index in [2.05, 4.69) is 98.8 Å². The Morgan fingerprint density at radius 2 is 0.927 bits per heavy atom. The normalized spacial score (nSPS) is 13.1. The van der Waals surface area contributed by atoms with E-state index in [9.17, 15) is 0 Å². The monoisotopic (exact) mass is 550 g/mol. The second-order valence-corrected chi connectivity index (χ2v) is 10.9. The Bertz CT molecular complexity index is 1310. The highest BCUT2D eigenvalue weighted by molar-refractivity contribution is 5.82. The van der Waals surface area contributed by atoms with Gasteiger partial charge in [-0.2, -0.15) is 0 Å². The van der Waals surface area contributed by atoms with E-state index >= 15 is 0 Å². The third kappa shape index (κ3) is 6.66. The molecule has 41 heavy (non-hydrogen) atoms. The third-order valence-corrected chi connectivity index (χ3v) is 7.93. The fourth-order valence-corrected chi connectivity index (χ4v) is 6.00. The van der Waals surface area contributed by atoms with Gasteiger partial charge in [0.25, 0.3) is 0 Å². The molecule has 0 heterocycles. The van der Waals surface area contributed by atoms with Crippen LogP contribution in [0.2, 0.25) is 0 Å². The second kappa shape index (κ2) is 13.4. The van der Waals surface area contributed by atoms with Crippen molar-refractivity contribution >= 4 is 0 Å². The second-order valence-electron chi connectivity index (χ2n) is 10.9. The van der Waals surface area contributed by atoms with Gasteiger partial charge in [-0.3, -0.25) is 0 Å². The van der Waals surface area contributed by atoms with Gasteiger partial charge in [-0.05, 0) is 98.2 Å². The summed E-state index contributed by atoms with van der Waals surface area (Å²) in [7, 11) is 0. The third-order valence-electron chi connectivity index (χ3n) is 7.93. The number of hydrogen-bond donors (Lipinski definition) is 0. The van der Waals surface area contributed by atoms with Crippen molar-refractivity contribution in [2.45, 2.75) is 46.0 Å². The maximum Gasteiger partial charge on any atom is 0.119 e. The number of hydrogen-bond acceptors (Lipinski definition) is 4. The molecule has 0 aliphatic heterocycles. The summed E-state index contributed by atoms with van der Waals surface area (Å²) in [5, 5.41) is 0. The molecule has 0 aromatic heterocycles. The van der Waals surface area contributed by atoms with Crippen LogP contribution in [0.3, 0.4) is 0 Å². The van der Waals surface area contributed by atoms with Gasteiger partial charge in [-0.25, -0.2) is 0 Å². The van der Waals surface area contributed by atoms with Gasteiger partial charge >= 0.3 is 0 Å². The van der Waals surface area contributed by atoms with Crippen LogP contribution in [0, 0.1) is 13.8 Å². The molecule has 0 bridgehead atoms. The smallest absolute Gasteiger partial charge is 0.119 e. The van der Waals surface area contributed by atoms with Crippen molar-refractivity contribution in [3.63, 3.8) is 0 Å². The molecule has 214 valence electrons. The Morgan fingerprint density at radius 1 is 0.512 bits per heavy atom. The van der Waals surface area contributed by atoms with Crippen LogP contribution in [0.5, 0.6) is 11.5 Å². The summed E-state index contributed by atoms with van der Waals surface area (Å²) in [5.74, 6) is 1.75. The summed E-state index contributed by atoms with van der Waals surface area (Å²) < 4.78 is 22.7. The molecule has 0 unspecified atom stereocenters. The molecule has 0 spiro atoms. The van der Waals surface area contributed by atoms with Crippen molar-refractivity contribution in [3.05, 3.63) is 118 Å². The summed E-state index contributed by atoms with van der Waals surface area (Å²) in [5.41, 5.74) is 10.5. The van der Waals surface area contributed by atoms with E-state index in [4.69, 9.17) is 18.9 Å². The van der Waals surface area contributed by atoms with Crippen LogP contribution in [0.1, 0.15) is 47.2 Å². The van der Waals surface area contributed by atoms with Crippen LogP contribution < -0.4 is 9.47 Å². The van der Waals surface area contributed by atoms with Crippen molar-refractivity contribution in [2.24, 2.45) is 0 Å². The van der Waals surface area contributed by atoms with Crippen molar-refractivity contribution in [1.82, 2.24) is 0 Å².